The van der Waals surface area contributed by atoms with Gasteiger partial charge < -0.3 is 10.0 Å². The molecule has 1 aliphatic heterocycles. The molecule has 1 saturated heterocycles. The molecule has 5 heteroatoms. The molecule has 1 fully saturated rings. The van der Waals surface area contributed by atoms with Gasteiger partial charge in [0, 0.05) is 18.7 Å². The number of hydrogen-bond donors (Lipinski definition) is 1. The topological polar surface area (TPSA) is 53.7 Å². The van der Waals surface area contributed by atoms with Gasteiger partial charge in [-0.05, 0) is 31.6 Å². The average molecular weight is 232 g/mol. The summed E-state index contributed by atoms with van der Waals surface area (Å²) >= 11 is 0. The second-order valence-electron chi connectivity index (χ2n) is 4.52. The Balaban J connectivity index is 1.99. The van der Waals surface area contributed by atoms with E-state index in [-0.39, 0.29) is 5.75 Å². The number of hydrogen-bond acceptors (Lipinski definition) is 4. The highest BCUT2D eigenvalue weighted by molar-refractivity contribution is 5.52. The van der Waals surface area contributed by atoms with Crippen LogP contribution in [0.1, 0.15) is 25.1 Å². The van der Waals surface area contributed by atoms with Gasteiger partial charge in [0.15, 0.2) is 5.75 Å². The monoisotopic (exact) mass is 232 g/mol. The number of rotatable bonds is 2. The highest BCUT2D eigenvalue weighted by Gasteiger charge is 2.26. The van der Waals surface area contributed by atoms with Crippen LogP contribution in [0.15, 0.2) is 18.3 Å². The van der Waals surface area contributed by atoms with Crippen molar-refractivity contribution in [3.8, 4) is 5.75 Å². The average Bonchev–Trinajstić information content (AvgIpc) is 2.94. The van der Waals surface area contributed by atoms with Crippen LogP contribution in [0.4, 0.5) is 0 Å². The van der Waals surface area contributed by atoms with Gasteiger partial charge >= 0.3 is 0 Å². The molecule has 0 aromatic carbocycles. The van der Waals surface area contributed by atoms with Crippen LogP contribution in [-0.2, 0) is 0 Å². The predicted octanol–water partition coefficient (Wildman–Crippen LogP) is 1.24. The van der Waals surface area contributed by atoms with Crippen molar-refractivity contribution in [3.63, 3.8) is 0 Å². The summed E-state index contributed by atoms with van der Waals surface area (Å²) in [6.07, 6.45) is 3.03. The molecule has 3 rings (SSSR count). The third-order valence-corrected chi connectivity index (χ3v) is 3.53. The maximum absolute atomic E-state index is 9.69. The van der Waals surface area contributed by atoms with Crippen molar-refractivity contribution in [1.29, 1.82) is 0 Å². The third-order valence-electron chi connectivity index (χ3n) is 3.53. The van der Waals surface area contributed by atoms with E-state index in [0.717, 1.165) is 31.9 Å². The normalized spacial score (nSPS) is 21.4. The van der Waals surface area contributed by atoms with E-state index in [4.69, 9.17) is 0 Å². The fourth-order valence-electron chi connectivity index (χ4n) is 2.53. The van der Waals surface area contributed by atoms with Crippen molar-refractivity contribution in [2.45, 2.75) is 19.3 Å². The molecule has 1 unspecified atom stereocenters. The zero-order chi connectivity index (χ0) is 11.8. The first-order valence-corrected chi connectivity index (χ1v) is 6.04. The van der Waals surface area contributed by atoms with Gasteiger partial charge in [-0.15, -0.1) is 10.2 Å². The first-order chi connectivity index (χ1) is 8.29. The molecule has 90 valence electrons. The molecule has 2 aromatic heterocycles. The summed E-state index contributed by atoms with van der Waals surface area (Å²) in [5.74, 6) is 1.58. The summed E-state index contributed by atoms with van der Waals surface area (Å²) in [5.41, 5.74) is 0.553. The summed E-state index contributed by atoms with van der Waals surface area (Å²) in [5, 5.41) is 18.0. The molecule has 1 atom stereocenters. The molecule has 17 heavy (non-hydrogen) atoms. The Kier molecular flexibility index (Phi) is 2.48. The predicted molar refractivity (Wildman–Crippen MR) is 64.1 cm³/mol. The molecule has 0 spiro atoms. The Labute approximate surface area is 99.7 Å². The van der Waals surface area contributed by atoms with Gasteiger partial charge in [-0.2, -0.15) is 0 Å². The summed E-state index contributed by atoms with van der Waals surface area (Å²) in [6, 6.07) is 3.46. The van der Waals surface area contributed by atoms with Crippen LogP contribution < -0.4 is 0 Å². The van der Waals surface area contributed by atoms with Gasteiger partial charge in [-0.3, -0.25) is 4.40 Å². The van der Waals surface area contributed by atoms with Crippen molar-refractivity contribution in [2.75, 3.05) is 19.6 Å². The molecule has 0 aliphatic carbocycles. The lowest BCUT2D eigenvalue weighted by Crippen LogP contribution is -2.19. The lowest BCUT2D eigenvalue weighted by Gasteiger charge is -2.11. The minimum absolute atomic E-state index is 0.191. The first-order valence-electron chi connectivity index (χ1n) is 6.04. The molecule has 0 bridgehead atoms. The van der Waals surface area contributed by atoms with Gasteiger partial charge in [0.2, 0.25) is 5.65 Å². The van der Waals surface area contributed by atoms with Crippen molar-refractivity contribution < 1.29 is 5.11 Å². The molecule has 1 aliphatic rings. The maximum Gasteiger partial charge on any atom is 0.203 e. The van der Waals surface area contributed by atoms with Crippen LogP contribution in [0.2, 0.25) is 0 Å². The lowest BCUT2D eigenvalue weighted by molar-refractivity contribution is 0.352. The van der Waals surface area contributed by atoms with Gasteiger partial charge in [0.1, 0.15) is 5.82 Å². The molecule has 0 amide bonds. The van der Waals surface area contributed by atoms with Gasteiger partial charge in [-0.1, -0.05) is 6.92 Å². The highest BCUT2D eigenvalue weighted by Crippen LogP contribution is 2.27. The first kappa shape index (κ1) is 10.5. The second kappa shape index (κ2) is 4.00. The van der Waals surface area contributed by atoms with E-state index < -0.39 is 0 Å². The summed E-state index contributed by atoms with van der Waals surface area (Å²) < 4.78 is 1.90. The summed E-state index contributed by atoms with van der Waals surface area (Å²) in [4.78, 5) is 2.41. The smallest absolute Gasteiger partial charge is 0.203 e. The molecule has 0 radical (unpaired) electrons. The molecule has 2 aromatic rings. The van der Waals surface area contributed by atoms with E-state index >= 15 is 0 Å². The number of aromatic hydroxyl groups is 1. The number of pyridine rings is 1. The van der Waals surface area contributed by atoms with Crippen molar-refractivity contribution >= 4 is 5.65 Å². The third kappa shape index (κ3) is 1.67. The quantitative estimate of drug-likeness (QED) is 0.846. The van der Waals surface area contributed by atoms with E-state index in [1.807, 2.05) is 16.7 Å². The summed E-state index contributed by atoms with van der Waals surface area (Å²) in [7, 11) is 0. The molecular formula is C12H16N4O. The zero-order valence-corrected chi connectivity index (χ0v) is 9.87. The van der Waals surface area contributed by atoms with Gasteiger partial charge in [-0.25, -0.2) is 0 Å². The van der Waals surface area contributed by atoms with Crippen LogP contribution in [0.3, 0.4) is 0 Å². The van der Waals surface area contributed by atoms with E-state index in [0.29, 0.717) is 11.6 Å². The number of nitrogens with zero attached hydrogens (tertiary/aromatic N) is 4. The molecule has 1 N–H and O–H groups in total. The maximum atomic E-state index is 9.69. The number of likely N-dealkylation sites (N-methyl/N-ethyl adjacent to an activating group) is 1. The van der Waals surface area contributed by atoms with Crippen LogP contribution in [0.25, 0.3) is 5.65 Å². The highest BCUT2D eigenvalue weighted by atomic mass is 16.3. The number of aromatic nitrogens is 3. The molecule has 0 saturated carbocycles. The molecular weight excluding hydrogens is 216 g/mol. The fourth-order valence-corrected chi connectivity index (χ4v) is 2.53. The fraction of sp³-hybridized carbons (Fsp3) is 0.500. The Morgan fingerprint density at radius 2 is 2.35 bits per heavy atom. The Hall–Kier alpha value is -1.62. The van der Waals surface area contributed by atoms with Crippen LogP contribution in [-0.4, -0.2) is 44.2 Å². The Bertz CT molecular complexity index is 536. The zero-order valence-electron chi connectivity index (χ0n) is 9.87. The molecule has 5 nitrogen and oxygen atoms in total. The number of likely N-dealkylation sites (tertiary alicyclic amines) is 1. The van der Waals surface area contributed by atoms with E-state index in [2.05, 4.69) is 22.0 Å². The van der Waals surface area contributed by atoms with E-state index in [9.17, 15) is 5.11 Å². The minimum atomic E-state index is 0.191. The minimum Gasteiger partial charge on any atom is -0.504 e. The van der Waals surface area contributed by atoms with Crippen LogP contribution >= 0.6 is 0 Å². The summed E-state index contributed by atoms with van der Waals surface area (Å²) in [6.45, 7) is 5.41. The van der Waals surface area contributed by atoms with Gasteiger partial charge in [0.25, 0.3) is 0 Å². The number of fused-ring (bicyclic) bond motifs is 1. The van der Waals surface area contributed by atoms with E-state index in [1.165, 1.54) is 0 Å². The Morgan fingerprint density at radius 1 is 1.47 bits per heavy atom. The SMILES string of the molecule is CCN1CCC(c2nnc3c(O)cccn23)C1. The van der Waals surface area contributed by atoms with E-state index in [1.54, 1.807) is 6.07 Å². The van der Waals surface area contributed by atoms with Crippen molar-refractivity contribution in [1.82, 2.24) is 19.5 Å². The van der Waals surface area contributed by atoms with Crippen molar-refractivity contribution in [2.24, 2.45) is 0 Å². The Morgan fingerprint density at radius 3 is 3.12 bits per heavy atom. The largest absolute Gasteiger partial charge is 0.504 e. The van der Waals surface area contributed by atoms with Crippen LogP contribution in [0, 0.1) is 0 Å². The molecule has 3 heterocycles. The van der Waals surface area contributed by atoms with Gasteiger partial charge in [0.05, 0.1) is 0 Å². The second-order valence-corrected chi connectivity index (χ2v) is 4.52. The standard InChI is InChI=1S/C12H16N4O/c1-2-15-7-5-9(8-15)11-13-14-12-10(17)4-3-6-16(11)12/h3-4,6,9,17H,2,5,7-8H2,1H3. The lowest BCUT2D eigenvalue weighted by atomic mass is 10.1. The van der Waals surface area contributed by atoms with Crippen molar-refractivity contribution in [3.05, 3.63) is 24.2 Å². The van der Waals surface area contributed by atoms with Crippen LogP contribution in [0.5, 0.6) is 5.75 Å².